The van der Waals surface area contributed by atoms with Crippen molar-refractivity contribution in [1.82, 2.24) is 9.88 Å². The van der Waals surface area contributed by atoms with Crippen molar-refractivity contribution in [3.63, 3.8) is 0 Å². The van der Waals surface area contributed by atoms with Crippen LogP contribution in [0, 0.1) is 5.92 Å². The molecule has 1 aromatic carbocycles. The van der Waals surface area contributed by atoms with Crippen LogP contribution in [0.4, 0.5) is 0 Å². The van der Waals surface area contributed by atoms with Crippen LogP contribution in [-0.4, -0.2) is 34.8 Å². The first kappa shape index (κ1) is 16.3. The number of rotatable bonds is 3. The molecule has 2 aromatic heterocycles. The maximum atomic E-state index is 13.2. The number of carbonyl (C=O) groups excluding carboxylic acids is 2. The molecule has 2 N–H and O–H groups in total. The third-order valence-electron chi connectivity index (χ3n) is 4.83. The number of para-hydroxylation sites is 1. The number of nitrogens with zero attached hydrogens (tertiary/aromatic N) is 2. The van der Waals surface area contributed by atoms with Crippen LogP contribution >= 0.6 is 0 Å². The first-order valence-corrected chi connectivity index (χ1v) is 8.66. The molecule has 0 spiro atoms. The zero-order chi connectivity index (χ0) is 18.1. The molecular weight excluding hydrogens is 330 g/mol. The highest BCUT2D eigenvalue weighted by Gasteiger charge is 2.28. The molecule has 1 fully saturated rings. The van der Waals surface area contributed by atoms with Crippen molar-refractivity contribution < 1.29 is 14.0 Å². The summed E-state index contributed by atoms with van der Waals surface area (Å²) in [6.07, 6.45) is 3.08. The SMILES string of the molecule is NC(=O)[C@H]1CCCN(C(=O)c2cc(-c3ccco3)nc3ccccc23)C1. The second-order valence-corrected chi connectivity index (χ2v) is 6.54. The van der Waals surface area contributed by atoms with Crippen molar-refractivity contribution in [2.75, 3.05) is 13.1 Å². The number of fused-ring (bicyclic) bond motifs is 1. The van der Waals surface area contributed by atoms with Crippen molar-refractivity contribution in [2.45, 2.75) is 12.8 Å². The molecule has 3 aromatic rings. The summed E-state index contributed by atoms with van der Waals surface area (Å²) < 4.78 is 5.45. The minimum atomic E-state index is -0.349. The monoisotopic (exact) mass is 349 g/mol. The van der Waals surface area contributed by atoms with Gasteiger partial charge in [0.05, 0.1) is 23.3 Å². The second kappa shape index (κ2) is 6.63. The molecule has 6 nitrogen and oxygen atoms in total. The number of primary amides is 1. The highest BCUT2D eigenvalue weighted by atomic mass is 16.3. The molecule has 0 bridgehead atoms. The average Bonchev–Trinajstić information content (AvgIpc) is 3.21. The number of aromatic nitrogens is 1. The minimum Gasteiger partial charge on any atom is -0.463 e. The lowest BCUT2D eigenvalue weighted by Crippen LogP contribution is -2.44. The fourth-order valence-corrected chi connectivity index (χ4v) is 3.47. The molecular formula is C20H19N3O3. The number of likely N-dealkylation sites (tertiary alicyclic amines) is 1. The molecule has 4 rings (SSSR count). The second-order valence-electron chi connectivity index (χ2n) is 6.54. The lowest BCUT2D eigenvalue weighted by molar-refractivity contribution is -0.123. The van der Waals surface area contributed by atoms with E-state index in [1.54, 1.807) is 23.3 Å². The van der Waals surface area contributed by atoms with Crippen molar-refractivity contribution >= 4 is 22.7 Å². The summed E-state index contributed by atoms with van der Waals surface area (Å²) in [4.78, 5) is 31.1. The molecule has 1 aliphatic heterocycles. The zero-order valence-electron chi connectivity index (χ0n) is 14.2. The van der Waals surface area contributed by atoms with E-state index in [-0.39, 0.29) is 17.7 Å². The van der Waals surface area contributed by atoms with Gasteiger partial charge >= 0.3 is 0 Å². The van der Waals surface area contributed by atoms with Crippen molar-refractivity contribution in [2.24, 2.45) is 11.7 Å². The fourth-order valence-electron chi connectivity index (χ4n) is 3.47. The van der Waals surface area contributed by atoms with E-state index in [2.05, 4.69) is 4.98 Å². The van der Waals surface area contributed by atoms with Gasteiger partial charge in [0.2, 0.25) is 5.91 Å². The van der Waals surface area contributed by atoms with Gasteiger partial charge in [0.25, 0.3) is 5.91 Å². The topological polar surface area (TPSA) is 89.4 Å². The number of furan rings is 1. The van der Waals surface area contributed by atoms with Crippen molar-refractivity contribution in [3.05, 3.63) is 54.3 Å². The van der Waals surface area contributed by atoms with Gasteiger partial charge < -0.3 is 15.1 Å². The fraction of sp³-hybridized carbons (Fsp3) is 0.250. The molecule has 0 radical (unpaired) electrons. The smallest absolute Gasteiger partial charge is 0.254 e. The number of piperidine rings is 1. The summed E-state index contributed by atoms with van der Waals surface area (Å²) in [5.74, 6) is -0.135. The van der Waals surface area contributed by atoms with E-state index in [1.165, 1.54) is 0 Å². The third kappa shape index (κ3) is 2.94. The van der Waals surface area contributed by atoms with Crippen LogP contribution in [-0.2, 0) is 4.79 Å². The Kier molecular flexibility index (Phi) is 4.16. The van der Waals surface area contributed by atoms with Gasteiger partial charge in [-0.2, -0.15) is 0 Å². The summed E-state index contributed by atoms with van der Waals surface area (Å²) in [6, 6.07) is 12.9. The quantitative estimate of drug-likeness (QED) is 0.787. The zero-order valence-corrected chi connectivity index (χ0v) is 14.2. The number of hydrogen-bond donors (Lipinski definition) is 1. The third-order valence-corrected chi connectivity index (χ3v) is 4.83. The Labute approximate surface area is 150 Å². The Morgan fingerprint density at radius 3 is 2.81 bits per heavy atom. The molecule has 0 aliphatic carbocycles. The van der Waals surface area contributed by atoms with Crippen LogP contribution in [0.5, 0.6) is 0 Å². The van der Waals surface area contributed by atoms with Crippen molar-refractivity contribution in [1.29, 1.82) is 0 Å². The van der Waals surface area contributed by atoms with Crippen LogP contribution in [0.15, 0.2) is 53.1 Å². The summed E-state index contributed by atoms with van der Waals surface area (Å²) in [7, 11) is 0. The lowest BCUT2D eigenvalue weighted by Gasteiger charge is -2.31. The Bertz CT molecular complexity index is 966. The van der Waals surface area contributed by atoms with E-state index in [9.17, 15) is 9.59 Å². The maximum Gasteiger partial charge on any atom is 0.254 e. The Hall–Kier alpha value is -3.15. The summed E-state index contributed by atoms with van der Waals surface area (Å²) >= 11 is 0. The predicted molar refractivity (Wildman–Crippen MR) is 97.3 cm³/mol. The molecule has 0 unspecified atom stereocenters. The molecule has 3 heterocycles. The minimum absolute atomic E-state index is 0.109. The molecule has 0 saturated carbocycles. The van der Waals surface area contributed by atoms with Crippen LogP contribution in [0.3, 0.4) is 0 Å². The van der Waals surface area contributed by atoms with Gasteiger partial charge in [-0.05, 0) is 37.1 Å². The summed E-state index contributed by atoms with van der Waals surface area (Å²) in [6.45, 7) is 0.982. The predicted octanol–water partition coefficient (Wildman–Crippen LogP) is 2.83. The Balaban J connectivity index is 1.77. The number of hydrogen-bond acceptors (Lipinski definition) is 4. The standard InChI is InChI=1S/C20H19N3O3/c21-19(24)13-5-3-9-23(12-13)20(25)15-11-17(18-8-4-10-26-18)22-16-7-2-1-6-14(15)16/h1-2,4,6-8,10-11,13H,3,5,9,12H2,(H2,21,24)/t13-/m0/s1. The first-order valence-electron chi connectivity index (χ1n) is 8.66. The molecule has 1 atom stereocenters. The van der Waals surface area contributed by atoms with E-state index >= 15 is 0 Å². The van der Waals surface area contributed by atoms with Gasteiger partial charge in [0.1, 0.15) is 5.69 Å². The Morgan fingerprint density at radius 2 is 2.04 bits per heavy atom. The number of carbonyl (C=O) groups is 2. The van der Waals surface area contributed by atoms with Gasteiger partial charge in [-0.15, -0.1) is 0 Å². The van der Waals surface area contributed by atoms with E-state index in [1.807, 2.05) is 30.3 Å². The molecule has 132 valence electrons. The largest absolute Gasteiger partial charge is 0.463 e. The van der Waals surface area contributed by atoms with Gasteiger partial charge in [0, 0.05) is 18.5 Å². The van der Waals surface area contributed by atoms with E-state index in [4.69, 9.17) is 10.2 Å². The van der Waals surface area contributed by atoms with E-state index in [0.29, 0.717) is 30.1 Å². The Morgan fingerprint density at radius 1 is 1.19 bits per heavy atom. The van der Waals surface area contributed by atoms with Crippen LogP contribution in [0.2, 0.25) is 0 Å². The maximum absolute atomic E-state index is 13.2. The normalized spacial score (nSPS) is 17.4. The first-order chi connectivity index (χ1) is 12.6. The average molecular weight is 349 g/mol. The molecule has 2 amide bonds. The highest BCUT2D eigenvalue weighted by Crippen LogP contribution is 2.27. The summed E-state index contributed by atoms with van der Waals surface area (Å²) in [5, 5.41) is 0.786. The van der Waals surface area contributed by atoms with Gasteiger partial charge in [-0.25, -0.2) is 4.98 Å². The van der Waals surface area contributed by atoms with E-state index < -0.39 is 0 Å². The highest BCUT2D eigenvalue weighted by molar-refractivity contribution is 6.07. The van der Waals surface area contributed by atoms with Gasteiger partial charge in [-0.1, -0.05) is 18.2 Å². The van der Waals surface area contributed by atoms with Gasteiger partial charge in [-0.3, -0.25) is 9.59 Å². The molecule has 6 heteroatoms. The molecule has 26 heavy (non-hydrogen) atoms. The van der Waals surface area contributed by atoms with Crippen molar-refractivity contribution in [3.8, 4) is 11.5 Å². The number of amides is 2. The van der Waals surface area contributed by atoms with Gasteiger partial charge in [0.15, 0.2) is 5.76 Å². The summed E-state index contributed by atoms with van der Waals surface area (Å²) in [5.41, 5.74) is 7.35. The van der Waals surface area contributed by atoms with Crippen LogP contribution < -0.4 is 5.73 Å². The van der Waals surface area contributed by atoms with Crippen LogP contribution in [0.25, 0.3) is 22.4 Å². The number of benzene rings is 1. The van der Waals surface area contributed by atoms with Crippen LogP contribution in [0.1, 0.15) is 23.2 Å². The molecule has 1 saturated heterocycles. The molecule has 1 aliphatic rings. The number of pyridine rings is 1. The lowest BCUT2D eigenvalue weighted by atomic mass is 9.96. The number of nitrogens with two attached hydrogens (primary N) is 1. The van der Waals surface area contributed by atoms with E-state index in [0.717, 1.165) is 23.7 Å².